The summed E-state index contributed by atoms with van der Waals surface area (Å²) in [5, 5.41) is 3.02. The third-order valence-corrected chi connectivity index (χ3v) is 5.80. The molecule has 0 unspecified atom stereocenters. The molecule has 1 aromatic carbocycles. The standard InChI is InChI=1S/C29H48N2O3/c1-3-4-5-6-7-8-9-10-11-12-13-14-15-16-17-18-22-31-29(32)25-26-19-20-27(34-23-21-30)28(24-26)33-2/h19-20,24H,3-9,12-18,21-23,25,30H2,1-2H3,(H,31,32). The SMILES string of the molecule is CCCCCCCCC#CCCCCCCCCNC(=O)Cc1ccc(OCCN)c(OC)c1. The fourth-order valence-electron chi connectivity index (χ4n) is 3.80. The number of hydrogen-bond acceptors (Lipinski definition) is 4. The van der Waals surface area contributed by atoms with Gasteiger partial charge in [0, 0.05) is 25.9 Å². The zero-order chi connectivity index (χ0) is 24.7. The predicted octanol–water partition coefficient (Wildman–Crippen LogP) is 6.18. The molecule has 0 aromatic heterocycles. The molecule has 0 bridgehead atoms. The van der Waals surface area contributed by atoms with Gasteiger partial charge in [-0.2, -0.15) is 0 Å². The van der Waals surface area contributed by atoms with Gasteiger partial charge in [-0.3, -0.25) is 4.79 Å². The Morgan fingerprint density at radius 1 is 0.882 bits per heavy atom. The Morgan fingerprint density at radius 3 is 2.12 bits per heavy atom. The van der Waals surface area contributed by atoms with Crippen LogP contribution < -0.4 is 20.5 Å². The normalized spacial score (nSPS) is 10.4. The molecule has 0 radical (unpaired) electrons. The van der Waals surface area contributed by atoms with Crippen LogP contribution in [0.3, 0.4) is 0 Å². The Hall–Kier alpha value is -2.19. The summed E-state index contributed by atoms with van der Waals surface area (Å²) in [5.41, 5.74) is 6.38. The van der Waals surface area contributed by atoms with Crippen LogP contribution in [0.2, 0.25) is 0 Å². The first-order valence-electron chi connectivity index (χ1n) is 13.4. The molecule has 34 heavy (non-hydrogen) atoms. The maximum Gasteiger partial charge on any atom is 0.224 e. The molecule has 192 valence electrons. The molecule has 5 heteroatoms. The number of ether oxygens (including phenoxy) is 2. The van der Waals surface area contributed by atoms with Gasteiger partial charge in [-0.05, 0) is 37.0 Å². The predicted molar refractivity (Wildman–Crippen MR) is 142 cm³/mol. The van der Waals surface area contributed by atoms with E-state index in [0.29, 0.717) is 31.1 Å². The number of nitrogens with two attached hydrogens (primary N) is 1. The van der Waals surface area contributed by atoms with E-state index in [-0.39, 0.29) is 5.91 Å². The fourth-order valence-corrected chi connectivity index (χ4v) is 3.80. The van der Waals surface area contributed by atoms with Crippen molar-refractivity contribution in [1.29, 1.82) is 0 Å². The van der Waals surface area contributed by atoms with Crippen molar-refractivity contribution in [2.75, 3.05) is 26.8 Å². The second-order valence-corrected chi connectivity index (χ2v) is 8.89. The molecular formula is C29H48N2O3. The second-order valence-electron chi connectivity index (χ2n) is 8.89. The summed E-state index contributed by atoms with van der Waals surface area (Å²) in [6.45, 7) is 3.87. The smallest absolute Gasteiger partial charge is 0.224 e. The number of carbonyl (C=O) groups is 1. The van der Waals surface area contributed by atoms with Crippen molar-refractivity contribution in [2.24, 2.45) is 5.73 Å². The zero-order valence-corrected chi connectivity index (χ0v) is 21.8. The van der Waals surface area contributed by atoms with Gasteiger partial charge in [0.05, 0.1) is 13.5 Å². The van der Waals surface area contributed by atoms with E-state index in [1.165, 1.54) is 64.2 Å². The van der Waals surface area contributed by atoms with Crippen LogP contribution in [0, 0.1) is 11.8 Å². The average molecular weight is 473 g/mol. The Morgan fingerprint density at radius 2 is 1.50 bits per heavy atom. The molecule has 1 aromatic rings. The average Bonchev–Trinajstić information content (AvgIpc) is 2.85. The lowest BCUT2D eigenvalue weighted by atomic mass is 10.1. The van der Waals surface area contributed by atoms with Crippen LogP contribution >= 0.6 is 0 Å². The van der Waals surface area contributed by atoms with E-state index in [1.54, 1.807) is 7.11 Å². The Bertz CT molecular complexity index is 709. The van der Waals surface area contributed by atoms with E-state index in [2.05, 4.69) is 24.1 Å². The van der Waals surface area contributed by atoms with Crippen molar-refractivity contribution in [3.05, 3.63) is 23.8 Å². The van der Waals surface area contributed by atoms with Crippen LogP contribution in [-0.4, -0.2) is 32.7 Å². The lowest BCUT2D eigenvalue weighted by Gasteiger charge is -2.12. The molecule has 0 heterocycles. The number of amides is 1. The van der Waals surface area contributed by atoms with E-state index in [9.17, 15) is 4.79 Å². The van der Waals surface area contributed by atoms with Gasteiger partial charge in [0.2, 0.25) is 5.91 Å². The molecule has 0 spiro atoms. The van der Waals surface area contributed by atoms with Gasteiger partial charge >= 0.3 is 0 Å². The lowest BCUT2D eigenvalue weighted by Crippen LogP contribution is -2.26. The topological polar surface area (TPSA) is 73.6 Å². The maximum atomic E-state index is 12.2. The monoisotopic (exact) mass is 472 g/mol. The van der Waals surface area contributed by atoms with Gasteiger partial charge < -0.3 is 20.5 Å². The first-order valence-corrected chi connectivity index (χ1v) is 13.4. The van der Waals surface area contributed by atoms with Crippen LogP contribution in [0.1, 0.15) is 102 Å². The summed E-state index contributed by atoms with van der Waals surface area (Å²) in [7, 11) is 1.60. The molecule has 0 aliphatic heterocycles. The van der Waals surface area contributed by atoms with Crippen molar-refractivity contribution in [2.45, 2.75) is 103 Å². The van der Waals surface area contributed by atoms with Crippen molar-refractivity contribution >= 4 is 5.91 Å². The van der Waals surface area contributed by atoms with Crippen molar-refractivity contribution < 1.29 is 14.3 Å². The van der Waals surface area contributed by atoms with Gasteiger partial charge in [-0.15, -0.1) is 11.8 Å². The van der Waals surface area contributed by atoms with E-state index < -0.39 is 0 Å². The van der Waals surface area contributed by atoms with E-state index in [4.69, 9.17) is 15.2 Å². The quantitative estimate of drug-likeness (QED) is 0.176. The fraction of sp³-hybridized carbons (Fsp3) is 0.690. The van der Waals surface area contributed by atoms with Gasteiger partial charge in [-0.1, -0.05) is 70.8 Å². The van der Waals surface area contributed by atoms with Gasteiger partial charge in [-0.25, -0.2) is 0 Å². The Balaban J connectivity index is 2.00. The van der Waals surface area contributed by atoms with Crippen LogP contribution in [-0.2, 0) is 11.2 Å². The molecule has 0 aliphatic rings. The molecule has 0 saturated carbocycles. The third-order valence-electron chi connectivity index (χ3n) is 5.80. The summed E-state index contributed by atoms with van der Waals surface area (Å²) < 4.78 is 10.9. The minimum absolute atomic E-state index is 0.0391. The highest BCUT2D eigenvalue weighted by Gasteiger charge is 2.09. The number of rotatable bonds is 20. The molecule has 0 aliphatic carbocycles. The molecule has 0 fully saturated rings. The van der Waals surface area contributed by atoms with Crippen LogP contribution in [0.25, 0.3) is 0 Å². The number of unbranched alkanes of at least 4 members (excludes halogenated alkanes) is 12. The minimum atomic E-state index is 0.0391. The first-order chi connectivity index (χ1) is 16.7. The molecule has 0 saturated heterocycles. The largest absolute Gasteiger partial charge is 0.493 e. The molecular weight excluding hydrogens is 424 g/mol. The van der Waals surface area contributed by atoms with E-state index >= 15 is 0 Å². The summed E-state index contributed by atoms with van der Waals surface area (Å²) >= 11 is 0. The van der Waals surface area contributed by atoms with Crippen LogP contribution in [0.5, 0.6) is 11.5 Å². The van der Waals surface area contributed by atoms with Crippen LogP contribution in [0.15, 0.2) is 18.2 Å². The summed E-state index contributed by atoms with van der Waals surface area (Å²) in [4.78, 5) is 12.2. The van der Waals surface area contributed by atoms with E-state index in [1.807, 2.05) is 18.2 Å². The van der Waals surface area contributed by atoms with Gasteiger partial charge in [0.25, 0.3) is 0 Å². The number of benzene rings is 1. The minimum Gasteiger partial charge on any atom is -0.493 e. The third kappa shape index (κ3) is 15.6. The molecule has 5 nitrogen and oxygen atoms in total. The Labute approximate surface area is 208 Å². The zero-order valence-electron chi connectivity index (χ0n) is 21.8. The second kappa shape index (κ2) is 21.4. The highest BCUT2D eigenvalue weighted by atomic mass is 16.5. The van der Waals surface area contributed by atoms with Gasteiger partial charge in [0.1, 0.15) is 6.61 Å². The highest BCUT2D eigenvalue weighted by molar-refractivity contribution is 5.78. The summed E-state index contributed by atoms with van der Waals surface area (Å²) in [6.07, 6.45) is 17.6. The number of methoxy groups -OCH3 is 1. The number of carbonyl (C=O) groups excluding carboxylic acids is 1. The molecule has 3 N–H and O–H groups in total. The summed E-state index contributed by atoms with van der Waals surface area (Å²) in [5.74, 6) is 7.98. The Kier molecular flexibility index (Phi) is 18.7. The number of nitrogens with one attached hydrogen (secondary N) is 1. The van der Waals surface area contributed by atoms with Crippen molar-refractivity contribution in [1.82, 2.24) is 5.32 Å². The molecule has 1 rings (SSSR count). The van der Waals surface area contributed by atoms with Gasteiger partial charge in [0.15, 0.2) is 11.5 Å². The number of hydrogen-bond donors (Lipinski definition) is 2. The highest BCUT2D eigenvalue weighted by Crippen LogP contribution is 2.28. The molecule has 1 amide bonds. The lowest BCUT2D eigenvalue weighted by molar-refractivity contribution is -0.120. The van der Waals surface area contributed by atoms with Crippen molar-refractivity contribution in [3.8, 4) is 23.3 Å². The summed E-state index contributed by atoms with van der Waals surface area (Å²) in [6, 6.07) is 5.58. The first kappa shape index (κ1) is 29.8. The molecule has 0 atom stereocenters. The van der Waals surface area contributed by atoms with Crippen molar-refractivity contribution in [3.63, 3.8) is 0 Å². The van der Waals surface area contributed by atoms with E-state index in [0.717, 1.165) is 37.8 Å². The van der Waals surface area contributed by atoms with Crippen LogP contribution in [0.4, 0.5) is 0 Å². The maximum absolute atomic E-state index is 12.2.